The van der Waals surface area contributed by atoms with E-state index in [0.29, 0.717) is 5.92 Å². The minimum absolute atomic E-state index is 0.210. The Morgan fingerprint density at radius 1 is 0.818 bits per heavy atom. The van der Waals surface area contributed by atoms with E-state index in [-0.39, 0.29) is 5.43 Å². The van der Waals surface area contributed by atoms with Crippen LogP contribution >= 0.6 is 0 Å². The summed E-state index contributed by atoms with van der Waals surface area (Å²) in [5.41, 5.74) is 14.4. The Morgan fingerprint density at radius 3 is 1.73 bits per heavy atom. The van der Waals surface area contributed by atoms with Crippen LogP contribution in [0.3, 0.4) is 0 Å². The van der Waals surface area contributed by atoms with Crippen molar-refractivity contribution in [1.82, 2.24) is 0 Å². The zero-order valence-electron chi connectivity index (χ0n) is 22.5. The summed E-state index contributed by atoms with van der Waals surface area (Å²) < 4.78 is 0. The van der Waals surface area contributed by atoms with Gasteiger partial charge in [-0.1, -0.05) is 38.3 Å². The predicted molar refractivity (Wildman–Crippen MR) is 146 cm³/mol. The van der Waals surface area contributed by atoms with Gasteiger partial charge in [-0.05, 0) is 62.4 Å². The van der Waals surface area contributed by atoms with Crippen molar-refractivity contribution in [2.24, 2.45) is 5.92 Å². The molecule has 2 heteroatoms. The van der Waals surface area contributed by atoms with Gasteiger partial charge in [0.05, 0.1) is 0 Å². The third-order valence-corrected chi connectivity index (χ3v) is 7.19. The quantitative estimate of drug-likeness (QED) is 0.217. The largest absolute Gasteiger partial charge is 0.150 e. The van der Waals surface area contributed by atoms with Crippen molar-refractivity contribution in [1.29, 1.82) is 0 Å². The van der Waals surface area contributed by atoms with E-state index in [1.165, 1.54) is 66.4 Å². The van der Waals surface area contributed by atoms with E-state index in [1.54, 1.807) is 23.3 Å². The molecular formula is C31H40SiZr. The molecule has 1 unspecified atom stereocenters. The van der Waals surface area contributed by atoms with Crippen LogP contribution in [0.5, 0.6) is 0 Å². The van der Waals surface area contributed by atoms with Crippen molar-refractivity contribution in [2.75, 3.05) is 0 Å². The maximum absolute atomic E-state index is 3.36. The first-order valence-corrected chi connectivity index (χ1v) is 18.1. The van der Waals surface area contributed by atoms with Gasteiger partial charge in [-0.3, -0.25) is 6.08 Å². The molecule has 1 aliphatic rings. The molecule has 0 N–H and O–H groups in total. The molecule has 33 heavy (non-hydrogen) atoms. The van der Waals surface area contributed by atoms with E-state index in [1.807, 2.05) is 0 Å². The molecule has 0 amide bonds. The molecule has 1 atom stereocenters. The minimum Gasteiger partial charge on any atom is -0.150 e. The first-order chi connectivity index (χ1) is 15.4. The summed E-state index contributed by atoms with van der Waals surface area (Å²) >= 11 is 1.74. The summed E-state index contributed by atoms with van der Waals surface area (Å²) in [7, 11) is 0. The van der Waals surface area contributed by atoms with Crippen molar-refractivity contribution >= 4 is 16.2 Å². The fourth-order valence-corrected chi connectivity index (χ4v) is 4.43. The summed E-state index contributed by atoms with van der Waals surface area (Å²) in [4.78, 5) is 0. The molecule has 4 rings (SSSR count). The normalized spacial score (nSPS) is 15.1. The maximum Gasteiger partial charge on any atom is -0.0392 e. The molecule has 0 bridgehead atoms. The molecule has 0 saturated carbocycles. The van der Waals surface area contributed by atoms with Gasteiger partial charge in [0.15, 0.2) is 0 Å². The van der Waals surface area contributed by atoms with Crippen LogP contribution in [-0.4, -0.2) is 5.43 Å². The Balaban J connectivity index is 0.000000246. The summed E-state index contributed by atoms with van der Waals surface area (Å²) in [6.45, 7) is 24.5. The van der Waals surface area contributed by atoms with E-state index in [0.717, 1.165) is 0 Å². The number of benzene rings is 2. The second-order valence-corrected chi connectivity index (χ2v) is 19.0. The average molecular weight is 532 g/mol. The standard InChI is InChI=1S/C20H21.C9H13.C2H6Si.Zr/c1-12-13(2)15(4)20(16(5)14(12)3)19-11-10-17-8-6-7-9-18(17)19;1-6-5-7(2)9(4)8(6)3;1-3-2;/h6-11H,1-5H3;6H,1-4H3;1-2H3;/q2*-1;;+2. The number of hydrogen-bond acceptors (Lipinski definition) is 0. The van der Waals surface area contributed by atoms with E-state index in [4.69, 9.17) is 0 Å². The molecule has 0 heterocycles. The fourth-order valence-electron chi connectivity index (χ4n) is 4.43. The van der Waals surface area contributed by atoms with Gasteiger partial charge in [0.25, 0.3) is 0 Å². The van der Waals surface area contributed by atoms with Gasteiger partial charge in [0.2, 0.25) is 0 Å². The number of allylic oxidation sites excluding steroid dienone is 4. The number of rotatable bonds is 1. The number of fused-ring (bicyclic) bond motifs is 1. The monoisotopic (exact) mass is 530 g/mol. The van der Waals surface area contributed by atoms with Crippen LogP contribution in [-0.2, 0) is 23.3 Å². The third-order valence-electron chi connectivity index (χ3n) is 7.19. The average Bonchev–Trinajstić information content (AvgIpc) is 3.28. The van der Waals surface area contributed by atoms with Crippen molar-refractivity contribution < 1.29 is 23.3 Å². The molecule has 0 aliphatic heterocycles. The Bertz CT molecular complexity index is 1200. The zero-order valence-corrected chi connectivity index (χ0v) is 26.0. The molecule has 0 radical (unpaired) electrons. The fraction of sp³-hybridized carbons (Fsp3) is 0.387. The first kappa shape index (κ1) is 27.9. The molecule has 1 aliphatic carbocycles. The second kappa shape index (κ2) is 11.9. The van der Waals surface area contributed by atoms with Gasteiger partial charge >= 0.3 is 41.9 Å². The van der Waals surface area contributed by atoms with Crippen LogP contribution in [0.1, 0.15) is 55.5 Å². The van der Waals surface area contributed by atoms with Gasteiger partial charge in [0.1, 0.15) is 0 Å². The van der Waals surface area contributed by atoms with Crippen LogP contribution in [0, 0.1) is 46.6 Å². The van der Waals surface area contributed by atoms with Crippen molar-refractivity contribution in [2.45, 2.75) is 75.4 Å². The smallest absolute Gasteiger partial charge is 0.0392 e. The van der Waals surface area contributed by atoms with E-state index < -0.39 is 0 Å². The van der Waals surface area contributed by atoms with Crippen molar-refractivity contribution in [3.8, 4) is 11.1 Å². The Morgan fingerprint density at radius 2 is 1.30 bits per heavy atom. The van der Waals surface area contributed by atoms with Crippen molar-refractivity contribution in [3.63, 3.8) is 0 Å². The van der Waals surface area contributed by atoms with E-state index in [2.05, 4.69) is 118 Å². The Kier molecular flexibility index (Phi) is 10.0. The third kappa shape index (κ3) is 6.40. The van der Waals surface area contributed by atoms with Crippen LogP contribution in [0.25, 0.3) is 21.9 Å². The van der Waals surface area contributed by atoms with Crippen LogP contribution in [0.4, 0.5) is 0 Å². The maximum atomic E-state index is 3.36. The van der Waals surface area contributed by atoms with Crippen LogP contribution in [0.15, 0.2) is 53.1 Å². The predicted octanol–water partition coefficient (Wildman–Crippen LogP) is 9.27. The van der Waals surface area contributed by atoms with Crippen LogP contribution in [0.2, 0.25) is 13.1 Å². The molecule has 3 aromatic rings. The van der Waals surface area contributed by atoms with E-state index in [9.17, 15) is 0 Å². The molecule has 0 aromatic heterocycles. The molecule has 0 nitrogen and oxygen atoms in total. The SMILES string of the molecule is CC1=[C-]C(C)C(C)=C1C.C[Si](C)=[Zr+2].Cc1c(C)c(C)c(-c2c[cH-]c3ccccc23)c(C)c1C. The number of hydrogen-bond donors (Lipinski definition) is 0. The van der Waals surface area contributed by atoms with Gasteiger partial charge < -0.3 is 0 Å². The topological polar surface area (TPSA) is 0 Å². The molecule has 0 fully saturated rings. The van der Waals surface area contributed by atoms with Gasteiger partial charge in [-0.2, -0.15) is 11.1 Å². The molecule has 3 aromatic carbocycles. The zero-order chi connectivity index (χ0) is 25.0. The van der Waals surface area contributed by atoms with Crippen LogP contribution < -0.4 is 0 Å². The van der Waals surface area contributed by atoms with E-state index >= 15 is 0 Å². The minimum atomic E-state index is 0.210. The van der Waals surface area contributed by atoms with Gasteiger partial charge in [-0.25, -0.2) is 5.57 Å². The molecule has 172 valence electrons. The second-order valence-electron chi connectivity index (χ2n) is 9.63. The summed E-state index contributed by atoms with van der Waals surface area (Å²) in [6, 6.07) is 13.2. The molecule has 0 saturated heterocycles. The van der Waals surface area contributed by atoms with Crippen molar-refractivity contribution in [3.05, 3.63) is 87.0 Å². The van der Waals surface area contributed by atoms with Gasteiger partial charge in [0, 0.05) is 0 Å². The molecule has 0 spiro atoms. The Hall–Kier alpha value is -1.37. The molecular weight excluding hydrogens is 492 g/mol. The summed E-state index contributed by atoms with van der Waals surface area (Å²) in [6.07, 6.45) is 3.36. The summed E-state index contributed by atoms with van der Waals surface area (Å²) in [5, 5.41) is 2.69. The first-order valence-electron chi connectivity index (χ1n) is 11.9. The Labute approximate surface area is 217 Å². The summed E-state index contributed by atoms with van der Waals surface area (Å²) in [5.74, 6) is 0.560. The van der Waals surface area contributed by atoms with Gasteiger partial charge in [-0.15, -0.1) is 53.6 Å².